The van der Waals surface area contributed by atoms with Crippen LogP contribution in [-0.2, 0) is 0 Å². The molecule has 3 heterocycles. The van der Waals surface area contributed by atoms with Gasteiger partial charge >= 0.3 is 0 Å². The van der Waals surface area contributed by atoms with Crippen LogP contribution in [-0.4, -0.2) is 15.0 Å². The molecule has 9 aromatic rings. The molecular formula is C39H24N4O2S. The molecule has 0 unspecified atom stereocenters. The first-order valence-electron chi connectivity index (χ1n) is 14.9. The lowest BCUT2D eigenvalue weighted by Gasteiger charge is -2.26. The van der Waals surface area contributed by atoms with Gasteiger partial charge in [-0.05, 0) is 84.9 Å². The normalized spacial score (nSPS) is 11.5. The molecule has 6 aromatic carbocycles. The highest BCUT2D eigenvalue weighted by molar-refractivity contribution is 7.21. The van der Waals surface area contributed by atoms with E-state index in [4.69, 9.17) is 23.8 Å². The number of hydrogen-bond acceptors (Lipinski definition) is 7. The summed E-state index contributed by atoms with van der Waals surface area (Å²) in [5.41, 5.74) is 9.89. The molecule has 46 heavy (non-hydrogen) atoms. The number of aromatic nitrogens is 3. The number of fused-ring (bicyclic) bond motifs is 3. The van der Waals surface area contributed by atoms with Crippen LogP contribution in [0.1, 0.15) is 0 Å². The van der Waals surface area contributed by atoms with Crippen LogP contribution in [0.5, 0.6) is 0 Å². The van der Waals surface area contributed by atoms with Gasteiger partial charge in [0.2, 0.25) is 11.8 Å². The van der Waals surface area contributed by atoms with Crippen LogP contribution in [0.4, 0.5) is 17.1 Å². The van der Waals surface area contributed by atoms with Crippen LogP contribution < -0.4 is 4.90 Å². The zero-order chi connectivity index (χ0) is 30.5. The summed E-state index contributed by atoms with van der Waals surface area (Å²) in [6.07, 6.45) is 0. The zero-order valence-electron chi connectivity index (χ0n) is 24.4. The highest BCUT2D eigenvalue weighted by Crippen LogP contribution is 2.40. The zero-order valence-corrected chi connectivity index (χ0v) is 25.2. The summed E-state index contributed by atoms with van der Waals surface area (Å²) in [7, 11) is 0. The van der Waals surface area contributed by atoms with E-state index < -0.39 is 0 Å². The van der Waals surface area contributed by atoms with Crippen LogP contribution >= 0.6 is 11.3 Å². The Hall–Kier alpha value is -6.05. The molecule has 7 heteroatoms. The van der Waals surface area contributed by atoms with Gasteiger partial charge in [-0.15, -0.1) is 11.3 Å². The molecule has 9 rings (SSSR count). The molecule has 0 aliphatic rings. The molecule has 0 atom stereocenters. The molecule has 0 saturated heterocycles. The lowest BCUT2D eigenvalue weighted by Crippen LogP contribution is -2.10. The molecule has 0 saturated carbocycles. The van der Waals surface area contributed by atoms with Crippen molar-refractivity contribution >= 4 is 60.8 Å². The van der Waals surface area contributed by atoms with Gasteiger partial charge in [-0.2, -0.15) is 0 Å². The average Bonchev–Trinajstić information content (AvgIpc) is 3.86. The minimum atomic E-state index is 0.575. The van der Waals surface area contributed by atoms with Gasteiger partial charge < -0.3 is 13.7 Å². The Kier molecular flexibility index (Phi) is 6.21. The van der Waals surface area contributed by atoms with Gasteiger partial charge in [0.25, 0.3) is 0 Å². The average molecular weight is 613 g/mol. The van der Waals surface area contributed by atoms with Crippen molar-refractivity contribution in [3.8, 4) is 33.5 Å². The number of thiazole rings is 1. The van der Waals surface area contributed by atoms with Crippen LogP contribution in [0, 0.1) is 0 Å². The summed E-state index contributed by atoms with van der Waals surface area (Å²) >= 11 is 1.69. The molecule has 6 nitrogen and oxygen atoms in total. The van der Waals surface area contributed by atoms with Crippen LogP contribution in [0.2, 0.25) is 0 Å². The third-order valence-electron chi connectivity index (χ3n) is 7.94. The first kappa shape index (κ1) is 26.4. The van der Waals surface area contributed by atoms with Crippen molar-refractivity contribution in [2.45, 2.75) is 0 Å². The van der Waals surface area contributed by atoms with E-state index in [2.05, 4.69) is 71.6 Å². The van der Waals surface area contributed by atoms with Crippen molar-refractivity contribution < 1.29 is 8.83 Å². The van der Waals surface area contributed by atoms with E-state index in [9.17, 15) is 0 Å². The standard InChI is InChI=1S/C39H24N4O2S/c1-4-19-34-31(16-1)40-37(44-34)25-10-7-13-28(22-25)43(29-14-8-11-26(23-29)38-41-32-17-2-5-20-35(32)45-38)30-15-9-12-27(24-30)39-42-33-18-3-6-21-36(33)46-39/h1-24H. The molecule has 0 radical (unpaired) electrons. The van der Waals surface area contributed by atoms with Gasteiger partial charge in [0, 0.05) is 33.8 Å². The van der Waals surface area contributed by atoms with E-state index >= 15 is 0 Å². The summed E-state index contributed by atoms with van der Waals surface area (Å²) in [6.45, 7) is 0. The molecule has 0 aliphatic carbocycles. The van der Waals surface area contributed by atoms with E-state index in [0.29, 0.717) is 11.8 Å². The molecule has 0 bridgehead atoms. The van der Waals surface area contributed by atoms with E-state index in [1.807, 2.05) is 78.9 Å². The van der Waals surface area contributed by atoms with Crippen LogP contribution in [0.15, 0.2) is 154 Å². The molecule has 0 spiro atoms. The van der Waals surface area contributed by atoms with E-state index in [0.717, 1.165) is 71.2 Å². The topological polar surface area (TPSA) is 68.2 Å². The number of hydrogen-bond donors (Lipinski definition) is 0. The SMILES string of the molecule is c1cc(-c2nc3ccccc3o2)cc(N(c2cccc(-c3nc4ccccc4o3)c2)c2cccc(-c3nc4ccccc4s3)c2)c1. The summed E-state index contributed by atoms with van der Waals surface area (Å²) in [6, 6.07) is 48.9. The van der Waals surface area contributed by atoms with Crippen molar-refractivity contribution in [3.63, 3.8) is 0 Å². The fourth-order valence-corrected chi connectivity index (χ4v) is 6.73. The molecule has 0 N–H and O–H groups in total. The van der Waals surface area contributed by atoms with E-state index in [1.54, 1.807) is 11.3 Å². The molecular weight excluding hydrogens is 589 g/mol. The van der Waals surface area contributed by atoms with E-state index in [-0.39, 0.29) is 0 Å². The quantitative estimate of drug-likeness (QED) is 0.186. The maximum absolute atomic E-state index is 6.15. The summed E-state index contributed by atoms with van der Waals surface area (Å²) in [4.78, 5) is 16.7. The van der Waals surface area contributed by atoms with Crippen molar-refractivity contribution in [1.29, 1.82) is 0 Å². The van der Waals surface area contributed by atoms with E-state index in [1.165, 1.54) is 0 Å². The Morgan fingerprint density at radius 2 is 0.913 bits per heavy atom. The molecule has 3 aromatic heterocycles. The lowest BCUT2D eigenvalue weighted by atomic mass is 10.1. The second kappa shape index (κ2) is 10.8. The Labute approximate surface area is 267 Å². The number of oxazole rings is 2. The number of benzene rings is 6. The second-order valence-electron chi connectivity index (χ2n) is 10.9. The highest BCUT2D eigenvalue weighted by atomic mass is 32.1. The lowest BCUT2D eigenvalue weighted by molar-refractivity contribution is 0.619. The minimum Gasteiger partial charge on any atom is -0.436 e. The summed E-state index contributed by atoms with van der Waals surface area (Å²) in [5, 5.41) is 0.975. The van der Waals surface area contributed by atoms with Gasteiger partial charge in [0.15, 0.2) is 11.2 Å². The van der Waals surface area contributed by atoms with Gasteiger partial charge in [0.1, 0.15) is 16.0 Å². The first-order valence-corrected chi connectivity index (χ1v) is 15.7. The van der Waals surface area contributed by atoms with Crippen LogP contribution in [0.3, 0.4) is 0 Å². The molecule has 0 amide bonds. The second-order valence-corrected chi connectivity index (χ2v) is 12.0. The van der Waals surface area contributed by atoms with Crippen molar-refractivity contribution in [1.82, 2.24) is 15.0 Å². The Balaban J connectivity index is 1.19. The van der Waals surface area contributed by atoms with Gasteiger partial charge in [0.05, 0.1) is 10.2 Å². The number of anilines is 3. The number of nitrogens with zero attached hydrogens (tertiary/aromatic N) is 4. The molecule has 218 valence electrons. The van der Waals surface area contributed by atoms with Gasteiger partial charge in [-0.3, -0.25) is 0 Å². The van der Waals surface area contributed by atoms with Crippen molar-refractivity contribution in [2.75, 3.05) is 4.90 Å². The summed E-state index contributed by atoms with van der Waals surface area (Å²) < 4.78 is 13.5. The van der Waals surface area contributed by atoms with Crippen molar-refractivity contribution in [2.24, 2.45) is 0 Å². The molecule has 0 fully saturated rings. The van der Waals surface area contributed by atoms with Crippen molar-refractivity contribution in [3.05, 3.63) is 146 Å². The van der Waals surface area contributed by atoms with Gasteiger partial charge in [-0.25, -0.2) is 15.0 Å². The Morgan fingerprint density at radius 1 is 0.435 bits per heavy atom. The minimum absolute atomic E-state index is 0.575. The maximum Gasteiger partial charge on any atom is 0.227 e. The Morgan fingerprint density at radius 3 is 1.46 bits per heavy atom. The van der Waals surface area contributed by atoms with Gasteiger partial charge in [-0.1, -0.05) is 60.7 Å². The summed E-state index contributed by atoms with van der Waals surface area (Å²) in [5.74, 6) is 1.15. The number of rotatable bonds is 6. The monoisotopic (exact) mass is 612 g/mol. The third-order valence-corrected chi connectivity index (χ3v) is 9.02. The highest BCUT2D eigenvalue weighted by Gasteiger charge is 2.18. The predicted octanol–water partition coefficient (Wildman–Crippen LogP) is 11.0. The first-order chi connectivity index (χ1) is 22.7. The Bertz CT molecular complexity index is 2150. The molecule has 0 aliphatic heterocycles. The van der Waals surface area contributed by atoms with Crippen LogP contribution in [0.25, 0.3) is 65.9 Å². The largest absolute Gasteiger partial charge is 0.436 e. The maximum atomic E-state index is 6.15. The fourth-order valence-electron chi connectivity index (χ4n) is 5.77. The number of para-hydroxylation sites is 5. The fraction of sp³-hybridized carbons (Fsp3) is 0. The smallest absolute Gasteiger partial charge is 0.227 e. The predicted molar refractivity (Wildman–Crippen MR) is 186 cm³/mol. The third kappa shape index (κ3) is 4.70.